The molecule has 2 aromatic carbocycles. The summed E-state index contributed by atoms with van der Waals surface area (Å²) >= 11 is 0. The molecule has 0 fully saturated rings. The van der Waals surface area contributed by atoms with Crippen molar-refractivity contribution in [3.8, 4) is 5.75 Å². The Labute approximate surface area is 120 Å². The van der Waals surface area contributed by atoms with Crippen molar-refractivity contribution in [1.82, 2.24) is 0 Å². The number of phenols is 1. The normalized spacial score (nSPS) is 14.3. The lowest BCUT2D eigenvalue weighted by Gasteiger charge is -2.17. The van der Waals surface area contributed by atoms with Gasteiger partial charge < -0.3 is 15.5 Å². The van der Waals surface area contributed by atoms with Crippen molar-refractivity contribution in [2.24, 2.45) is 0 Å². The standard InChI is InChI=1S/C14H14N2O5/c17-14-4-2-1-3-11(14)6-5-10-7-8-12(15(18)19)9-13(10)16(20)21/h1-9,15-18,20H. The molecule has 7 nitrogen and oxygen atoms in total. The maximum absolute atomic E-state index is 11.2. The van der Waals surface area contributed by atoms with Gasteiger partial charge in [0.2, 0.25) is 0 Å². The molecule has 0 bridgehead atoms. The topological polar surface area (TPSA) is 116 Å². The van der Waals surface area contributed by atoms with Crippen LogP contribution in [0.1, 0.15) is 11.1 Å². The molecule has 0 amide bonds. The Hall–Kier alpha value is -2.26. The molecule has 2 atom stereocenters. The Morgan fingerprint density at radius 1 is 0.857 bits per heavy atom. The van der Waals surface area contributed by atoms with Crippen LogP contribution in [0.5, 0.6) is 5.75 Å². The van der Waals surface area contributed by atoms with Gasteiger partial charge in [-0.2, -0.15) is 10.5 Å². The number of hydrogen-bond acceptors (Lipinski definition) is 5. The number of rotatable bonds is 4. The van der Waals surface area contributed by atoms with Crippen molar-refractivity contribution in [3.63, 3.8) is 0 Å². The second-order valence-corrected chi connectivity index (χ2v) is 4.30. The van der Waals surface area contributed by atoms with E-state index >= 15 is 0 Å². The summed E-state index contributed by atoms with van der Waals surface area (Å²) in [6, 6.07) is 10.5. The fraction of sp³-hybridized carbons (Fsp3) is 0. The molecule has 7 heteroatoms. The Morgan fingerprint density at radius 3 is 2.14 bits per heavy atom. The van der Waals surface area contributed by atoms with Gasteiger partial charge >= 0.3 is 0 Å². The number of quaternary nitrogens is 2. The van der Waals surface area contributed by atoms with E-state index in [9.17, 15) is 15.5 Å². The lowest BCUT2D eigenvalue weighted by Crippen LogP contribution is -3.01. The maximum atomic E-state index is 11.2. The number of benzene rings is 2. The molecule has 2 unspecified atom stereocenters. The minimum absolute atomic E-state index is 0.0766. The molecule has 2 aromatic rings. The predicted octanol–water partition coefficient (Wildman–Crippen LogP) is 0.369. The van der Waals surface area contributed by atoms with Crippen LogP contribution in [0, 0.1) is 10.4 Å². The zero-order valence-electron chi connectivity index (χ0n) is 10.9. The highest BCUT2D eigenvalue weighted by molar-refractivity contribution is 5.76. The van der Waals surface area contributed by atoms with E-state index in [4.69, 9.17) is 10.4 Å². The molecule has 0 heterocycles. The average molecular weight is 290 g/mol. The third-order valence-electron chi connectivity index (χ3n) is 2.91. The summed E-state index contributed by atoms with van der Waals surface area (Å²) in [5, 5.41) is 47.3. The number of phenolic OH excluding ortho intramolecular Hbond substituents is 1. The molecule has 0 saturated heterocycles. The minimum Gasteiger partial charge on any atom is -0.595 e. The van der Waals surface area contributed by atoms with E-state index in [1.807, 2.05) is 0 Å². The summed E-state index contributed by atoms with van der Waals surface area (Å²) < 4.78 is 0. The zero-order valence-corrected chi connectivity index (χ0v) is 10.9. The molecule has 2 rings (SSSR count). The molecule has 0 aliphatic heterocycles. The number of hydrogen-bond donors (Lipinski definition) is 5. The minimum atomic E-state index is -1.21. The molecule has 5 N–H and O–H groups in total. The highest BCUT2D eigenvalue weighted by Gasteiger charge is 2.11. The van der Waals surface area contributed by atoms with Crippen molar-refractivity contribution in [2.45, 2.75) is 0 Å². The number of aromatic hydroxyl groups is 1. The van der Waals surface area contributed by atoms with Gasteiger partial charge in [0.15, 0.2) is 11.4 Å². The van der Waals surface area contributed by atoms with Gasteiger partial charge in [-0.25, -0.2) is 10.4 Å². The van der Waals surface area contributed by atoms with Crippen molar-refractivity contribution < 1.29 is 26.0 Å². The van der Waals surface area contributed by atoms with Crippen LogP contribution in [0.3, 0.4) is 0 Å². The van der Waals surface area contributed by atoms with Crippen molar-refractivity contribution >= 4 is 23.5 Å². The Morgan fingerprint density at radius 2 is 1.52 bits per heavy atom. The molecule has 110 valence electrons. The first kappa shape index (κ1) is 15.1. The van der Waals surface area contributed by atoms with Gasteiger partial charge in [0, 0.05) is 17.2 Å². The number of nitrogens with one attached hydrogen (secondary N) is 2. The largest absolute Gasteiger partial charge is 0.595 e. The van der Waals surface area contributed by atoms with Crippen LogP contribution in [0.25, 0.3) is 12.2 Å². The molecule has 0 radical (unpaired) electrons. The van der Waals surface area contributed by atoms with Gasteiger partial charge in [0.05, 0.1) is 6.07 Å². The Kier molecular flexibility index (Phi) is 4.66. The predicted molar refractivity (Wildman–Crippen MR) is 75.0 cm³/mol. The Balaban J connectivity index is 2.38. The van der Waals surface area contributed by atoms with Gasteiger partial charge in [0.25, 0.3) is 0 Å². The van der Waals surface area contributed by atoms with E-state index in [1.54, 1.807) is 24.3 Å². The highest BCUT2D eigenvalue weighted by atomic mass is 16.8. The smallest absolute Gasteiger partial charge is 0.177 e. The van der Waals surface area contributed by atoms with Crippen LogP contribution < -0.4 is 10.5 Å². The summed E-state index contributed by atoms with van der Waals surface area (Å²) in [6.45, 7) is 0. The summed E-state index contributed by atoms with van der Waals surface area (Å²) in [5.74, 6) is 0.0766. The van der Waals surface area contributed by atoms with E-state index < -0.39 is 10.5 Å². The van der Waals surface area contributed by atoms with Crippen LogP contribution in [0.4, 0.5) is 11.4 Å². The molecule has 0 aromatic heterocycles. The van der Waals surface area contributed by atoms with Gasteiger partial charge in [-0.1, -0.05) is 24.3 Å². The van der Waals surface area contributed by atoms with E-state index in [1.165, 1.54) is 24.3 Å². The van der Waals surface area contributed by atoms with Crippen LogP contribution in [0.15, 0.2) is 42.5 Å². The molecule has 0 aliphatic rings. The second-order valence-electron chi connectivity index (χ2n) is 4.30. The molecular formula is C14H14N2O5. The second kappa shape index (κ2) is 6.46. The highest BCUT2D eigenvalue weighted by Crippen LogP contribution is 2.21. The first-order valence-corrected chi connectivity index (χ1v) is 6.06. The molecule has 0 spiro atoms. The van der Waals surface area contributed by atoms with Gasteiger partial charge in [-0.15, -0.1) is 0 Å². The van der Waals surface area contributed by atoms with E-state index in [-0.39, 0.29) is 17.1 Å². The third kappa shape index (κ3) is 3.64. The Bertz CT molecular complexity index is 656. The maximum Gasteiger partial charge on any atom is 0.177 e. The van der Waals surface area contributed by atoms with Gasteiger partial charge in [0.1, 0.15) is 5.75 Å². The van der Waals surface area contributed by atoms with Crippen LogP contribution in [0.2, 0.25) is 0 Å². The first-order valence-electron chi connectivity index (χ1n) is 6.06. The molecule has 0 saturated carbocycles. The fourth-order valence-electron chi connectivity index (χ4n) is 1.83. The quantitative estimate of drug-likeness (QED) is 0.412. The number of para-hydroxylation sites is 1. The summed E-state index contributed by atoms with van der Waals surface area (Å²) in [7, 11) is 0. The lowest BCUT2D eigenvalue weighted by molar-refractivity contribution is -0.996. The SMILES string of the molecule is [O-][NH+](O)c1ccc(C=Cc2ccccc2O)c([NH+]([O-])O)c1. The van der Waals surface area contributed by atoms with Crippen LogP contribution in [-0.4, -0.2) is 15.5 Å². The van der Waals surface area contributed by atoms with E-state index in [0.717, 1.165) is 6.07 Å². The summed E-state index contributed by atoms with van der Waals surface area (Å²) in [6.07, 6.45) is 3.09. The fourth-order valence-corrected chi connectivity index (χ4v) is 1.83. The zero-order chi connectivity index (χ0) is 15.4. The first-order chi connectivity index (χ1) is 9.99. The van der Waals surface area contributed by atoms with Crippen molar-refractivity contribution in [3.05, 3.63) is 64.0 Å². The van der Waals surface area contributed by atoms with Crippen molar-refractivity contribution in [1.29, 1.82) is 0 Å². The van der Waals surface area contributed by atoms with E-state index in [0.29, 0.717) is 11.1 Å². The third-order valence-corrected chi connectivity index (χ3v) is 2.91. The van der Waals surface area contributed by atoms with Crippen LogP contribution in [-0.2, 0) is 0 Å². The molecule has 21 heavy (non-hydrogen) atoms. The summed E-state index contributed by atoms with van der Waals surface area (Å²) in [5.41, 5.74) is 0.695. The average Bonchev–Trinajstić information content (AvgIpc) is 2.46. The van der Waals surface area contributed by atoms with Gasteiger partial charge in [-0.05, 0) is 18.2 Å². The van der Waals surface area contributed by atoms with Gasteiger partial charge in [-0.3, -0.25) is 0 Å². The lowest BCUT2D eigenvalue weighted by atomic mass is 10.1. The van der Waals surface area contributed by atoms with E-state index in [2.05, 4.69) is 0 Å². The monoisotopic (exact) mass is 290 g/mol. The molecule has 0 aliphatic carbocycles. The summed E-state index contributed by atoms with van der Waals surface area (Å²) in [4.78, 5) is 0. The van der Waals surface area contributed by atoms with Crippen molar-refractivity contribution in [2.75, 3.05) is 0 Å². The van der Waals surface area contributed by atoms with Crippen LogP contribution >= 0.6 is 0 Å². The molecular weight excluding hydrogens is 276 g/mol.